The molecule has 6 N–H and O–H groups in total. The summed E-state index contributed by atoms with van der Waals surface area (Å²) in [5.41, 5.74) is 0. The van der Waals surface area contributed by atoms with Gasteiger partial charge in [0.05, 0.1) is 25.4 Å². The van der Waals surface area contributed by atoms with E-state index in [1.165, 1.54) is 109 Å². The molecular formula is C53H95NO8. The quantitative estimate of drug-likeness (QED) is 0.0262. The highest BCUT2D eigenvalue weighted by molar-refractivity contribution is 5.76. The molecule has 9 heteroatoms. The van der Waals surface area contributed by atoms with Crippen molar-refractivity contribution in [3.05, 3.63) is 60.8 Å². The first-order valence-corrected chi connectivity index (χ1v) is 25.5. The van der Waals surface area contributed by atoms with Crippen LogP contribution in [-0.4, -0.2) is 87.5 Å². The third-order valence-corrected chi connectivity index (χ3v) is 11.9. The molecule has 7 unspecified atom stereocenters. The standard InChI is InChI=1S/C53H95NO8/c1-3-5-7-9-10-11-12-13-14-15-16-17-18-19-20-21-22-23-24-25-26-27-28-29-30-31-32-33-34-35-36-37-38-39-41-43-49(57)54-46(47(56)42-40-8-6-4-2)45-61-53-52(60)51(59)50(58)48(44-55)62-53/h5,7,10-11,13-14,16-17,19-20,46-48,50-53,55-56,58-60H,3-4,6,8-9,12,15,18,21-45H2,1-2H3,(H,54,57)/b7-5-,11-10-,14-13-,17-16-,20-19-. The maximum atomic E-state index is 12.9. The highest BCUT2D eigenvalue weighted by Gasteiger charge is 2.44. The van der Waals surface area contributed by atoms with Crippen LogP contribution in [0.15, 0.2) is 60.8 Å². The number of hydrogen-bond donors (Lipinski definition) is 6. The third kappa shape index (κ3) is 32.5. The summed E-state index contributed by atoms with van der Waals surface area (Å²) in [6, 6.07) is -0.714. The first-order valence-electron chi connectivity index (χ1n) is 25.5. The van der Waals surface area contributed by atoms with Gasteiger partial charge in [-0.25, -0.2) is 0 Å². The summed E-state index contributed by atoms with van der Waals surface area (Å²) in [7, 11) is 0. The molecule has 0 aromatic carbocycles. The summed E-state index contributed by atoms with van der Waals surface area (Å²) in [5.74, 6) is -0.153. The van der Waals surface area contributed by atoms with E-state index in [0.717, 1.165) is 77.0 Å². The number of carbonyl (C=O) groups excluding carboxylic acids is 1. The van der Waals surface area contributed by atoms with Gasteiger partial charge in [-0.05, 0) is 57.8 Å². The lowest BCUT2D eigenvalue weighted by molar-refractivity contribution is -0.302. The average Bonchev–Trinajstić information content (AvgIpc) is 3.27. The highest BCUT2D eigenvalue weighted by Crippen LogP contribution is 2.23. The Morgan fingerprint density at radius 1 is 0.565 bits per heavy atom. The second-order valence-corrected chi connectivity index (χ2v) is 17.6. The van der Waals surface area contributed by atoms with Gasteiger partial charge in [0.25, 0.3) is 0 Å². The number of allylic oxidation sites excluding steroid dienone is 10. The molecule has 0 saturated carbocycles. The first kappa shape index (κ1) is 57.9. The van der Waals surface area contributed by atoms with Crippen LogP contribution in [0.3, 0.4) is 0 Å². The van der Waals surface area contributed by atoms with E-state index in [4.69, 9.17) is 9.47 Å². The van der Waals surface area contributed by atoms with Crippen LogP contribution < -0.4 is 5.32 Å². The summed E-state index contributed by atoms with van der Waals surface area (Å²) in [4.78, 5) is 12.9. The Hall–Kier alpha value is -2.11. The van der Waals surface area contributed by atoms with Gasteiger partial charge < -0.3 is 40.3 Å². The Morgan fingerprint density at radius 3 is 1.47 bits per heavy atom. The molecule has 1 fully saturated rings. The van der Waals surface area contributed by atoms with Gasteiger partial charge in [-0.3, -0.25) is 4.79 Å². The van der Waals surface area contributed by atoms with Crippen molar-refractivity contribution in [2.75, 3.05) is 13.2 Å². The molecule has 1 amide bonds. The number of hydrogen-bond acceptors (Lipinski definition) is 8. The minimum atomic E-state index is -1.55. The average molecular weight is 874 g/mol. The normalized spacial score (nSPS) is 20.8. The van der Waals surface area contributed by atoms with Gasteiger partial charge in [-0.15, -0.1) is 0 Å². The fourth-order valence-corrected chi connectivity index (χ4v) is 7.83. The fraction of sp³-hybridized carbons (Fsp3) is 0.792. The van der Waals surface area contributed by atoms with E-state index in [2.05, 4.69) is 79.9 Å². The number of aliphatic hydroxyl groups excluding tert-OH is 5. The minimum absolute atomic E-state index is 0.141. The Bertz CT molecular complexity index is 1150. The predicted octanol–water partition coefficient (Wildman–Crippen LogP) is 11.6. The maximum absolute atomic E-state index is 12.9. The van der Waals surface area contributed by atoms with E-state index in [1.54, 1.807) is 0 Å². The van der Waals surface area contributed by atoms with Crippen LogP contribution >= 0.6 is 0 Å². The molecule has 1 heterocycles. The van der Waals surface area contributed by atoms with Gasteiger partial charge in [-0.2, -0.15) is 0 Å². The summed E-state index contributed by atoms with van der Waals surface area (Å²) in [6.45, 7) is 3.59. The van der Waals surface area contributed by atoms with Gasteiger partial charge in [0, 0.05) is 6.42 Å². The van der Waals surface area contributed by atoms with Crippen LogP contribution in [0, 0.1) is 0 Å². The van der Waals surface area contributed by atoms with E-state index in [9.17, 15) is 30.3 Å². The van der Waals surface area contributed by atoms with Crippen LogP contribution in [0.5, 0.6) is 0 Å². The molecule has 9 nitrogen and oxygen atoms in total. The maximum Gasteiger partial charge on any atom is 0.220 e. The largest absolute Gasteiger partial charge is 0.394 e. The van der Waals surface area contributed by atoms with Crippen molar-refractivity contribution in [1.82, 2.24) is 5.32 Å². The van der Waals surface area contributed by atoms with Crippen molar-refractivity contribution in [3.8, 4) is 0 Å². The van der Waals surface area contributed by atoms with E-state index in [0.29, 0.717) is 12.8 Å². The Morgan fingerprint density at radius 2 is 1.00 bits per heavy atom. The highest BCUT2D eigenvalue weighted by atomic mass is 16.7. The second kappa shape index (κ2) is 42.8. The second-order valence-electron chi connectivity index (χ2n) is 17.6. The van der Waals surface area contributed by atoms with Gasteiger partial charge in [0.1, 0.15) is 24.4 Å². The van der Waals surface area contributed by atoms with Crippen LogP contribution in [0.25, 0.3) is 0 Å². The van der Waals surface area contributed by atoms with Crippen LogP contribution in [0.4, 0.5) is 0 Å². The first-order chi connectivity index (χ1) is 30.3. The lowest BCUT2D eigenvalue weighted by Gasteiger charge is -2.40. The topological polar surface area (TPSA) is 149 Å². The van der Waals surface area contributed by atoms with Crippen molar-refractivity contribution in [3.63, 3.8) is 0 Å². The number of amides is 1. The number of aliphatic hydroxyl groups is 5. The number of unbranched alkanes of at least 4 members (excludes halogenated alkanes) is 22. The molecule has 0 bridgehead atoms. The summed E-state index contributed by atoms with van der Waals surface area (Å²) >= 11 is 0. The predicted molar refractivity (Wildman–Crippen MR) is 258 cm³/mol. The van der Waals surface area contributed by atoms with Crippen molar-refractivity contribution < 1.29 is 39.8 Å². The van der Waals surface area contributed by atoms with Crippen LogP contribution in [-0.2, 0) is 14.3 Å². The molecule has 1 aliphatic heterocycles. The molecule has 360 valence electrons. The van der Waals surface area contributed by atoms with E-state index in [-0.39, 0.29) is 12.5 Å². The summed E-state index contributed by atoms with van der Waals surface area (Å²) < 4.78 is 11.1. The smallest absolute Gasteiger partial charge is 0.220 e. The minimum Gasteiger partial charge on any atom is -0.394 e. The third-order valence-electron chi connectivity index (χ3n) is 11.9. The van der Waals surface area contributed by atoms with Crippen molar-refractivity contribution >= 4 is 5.91 Å². The van der Waals surface area contributed by atoms with Crippen LogP contribution in [0.1, 0.15) is 213 Å². The molecule has 1 rings (SSSR count). The van der Waals surface area contributed by atoms with Crippen molar-refractivity contribution in [2.24, 2.45) is 0 Å². The van der Waals surface area contributed by atoms with Crippen molar-refractivity contribution in [1.29, 1.82) is 0 Å². The van der Waals surface area contributed by atoms with Gasteiger partial charge in [0.15, 0.2) is 6.29 Å². The molecule has 1 aliphatic rings. The number of ether oxygens (including phenoxy) is 2. The molecule has 0 spiro atoms. The Balaban J connectivity index is 1.98. The Kier molecular flexibility index (Phi) is 40.0. The lowest BCUT2D eigenvalue weighted by Crippen LogP contribution is -2.60. The van der Waals surface area contributed by atoms with Gasteiger partial charge in [0.2, 0.25) is 5.91 Å². The molecule has 0 radical (unpaired) electrons. The number of carbonyl (C=O) groups is 1. The molecule has 1 saturated heterocycles. The molecule has 0 aromatic heterocycles. The molecule has 62 heavy (non-hydrogen) atoms. The molecule has 0 aromatic rings. The van der Waals surface area contributed by atoms with Gasteiger partial charge in [-0.1, -0.05) is 209 Å². The van der Waals surface area contributed by atoms with Crippen LogP contribution in [0.2, 0.25) is 0 Å². The molecular weight excluding hydrogens is 779 g/mol. The van der Waals surface area contributed by atoms with E-state index in [1.807, 2.05) is 0 Å². The monoisotopic (exact) mass is 874 g/mol. The zero-order chi connectivity index (χ0) is 45.1. The fourth-order valence-electron chi connectivity index (χ4n) is 7.83. The summed E-state index contributed by atoms with van der Waals surface area (Å²) in [5, 5.41) is 53.8. The molecule has 0 aliphatic carbocycles. The van der Waals surface area contributed by atoms with Crippen molar-refractivity contribution in [2.45, 2.75) is 256 Å². The Labute approximate surface area is 379 Å². The lowest BCUT2D eigenvalue weighted by atomic mass is 9.99. The van der Waals surface area contributed by atoms with Gasteiger partial charge >= 0.3 is 0 Å². The summed E-state index contributed by atoms with van der Waals surface area (Å²) in [6.07, 6.45) is 50.5. The zero-order valence-electron chi connectivity index (χ0n) is 39.6. The van der Waals surface area contributed by atoms with E-state index < -0.39 is 49.5 Å². The molecule has 7 atom stereocenters. The number of nitrogens with one attached hydrogen (secondary N) is 1. The van der Waals surface area contributed by atoms with E-state index >= 15 is 0 Å². The number of rotatable bonds is 42. The SMILES string of the molecule is CC/C=C\C/C=C\C/C=C\C/C=C\C/C=C\CCCCCCCCCCCCCCCCCCCCCC(=O)NC(COC1OC(CO)C(O)C(O)C1O)C(O)CCCCCC. The zero-order valence-corrected chi connectivity index (χ0v) is 39.6.